The van der Waals surface area contributed by atoms with E-state index < -0.39 is 10.0 Å². The van der Waals surface area contributed by atoms with Gasteiger partial charge in [0.05, 0.1) is 12.0 Å². The van der Waals surface area contributed by atoms with Crippen LogP contribution in [0.25, 0.3) is 0 Å². The summed E-state index contributed by atoms with van der Waals surface area (Å²) < 4.78 is 31.1. The van der Waals surface area contributed by atoms with Gasteiger partial charge in [-0.25, -0.2) is 13.1 Å². The monoisotopic (exact) mass is 275 g/mol. The van der Waals surface area contributed by atoms with Crippen LogP contribution in [0.15, 0.2) is 34.7 Å². The van der Waals surface area contributed by atoms with Crippen molar-refractivity contribution in [1.82, 2.24) is 4.72 Å². The molecule has 94 valence electrons. The van der Waals surface area contributed by atoms with Crippen LogP contribution in [-0.4, -0.2) is 22.1 Å². The molecule has 0 fully saturated rings. The lowest BCUT2D eigenvalue weighted by molar-refractivity contribution is 0.411. The lowest BCUT2D eigenvalue weighted by Crippen LogP contribution is -2.24. The van der Waals surface area contributed by atoms with Gasteiger partial charge in [0.2, 0.25) is 10.0 Å². The zero-order valence-corrected chi connectivity index (χ0v) is 11.2. The van der Waals surface area contributed by atoms with Gasteiger partial charge in [0.25, 0.3) is 0 Å². The average Bonchev–Trinajstić information content (AvgIpc) is 2.26. The number of aryl methyl sites for hydroxylation is 1. The molecule has 1 N–H and O–H groups in total. The number of halogens is 1. The SMILES string of the molecule is C=C(Cl)CNS(=O)(=O)c1ccc(OC)c(C)c1. The predicted octanol–water partition coefficient (Wildman–Crippen LogP) is 2.03. The van der Waals surface area contributed by atoms with E-state index in [4.69, 9.17) is 16.3 Å². The number of sulfonamides is 1. The van der Waals surface area contributed by atoms with Crippen molar-refractivity contribution in [2.75, 3.05) is 13.7 Å². The highest BCUT2D eigenvalue weighted by molar-refractivity contribution is 7.89. The molecule has 0 unspecified atom stereocenters. The molecule has 6 heteroatoms. The summed E-state index contributed by atoms with van der Waals surface area (Å²) in [6.45, 7) is 5.20. The Balaban J connectivity index is 2.99. The largest absolute Gasteiger partial charge is 0.496 e. The molecule has 1 aromatic carbocycles. The Bertz CT molecular complexity index is 526. The molecule has 1 rings (SSSR count). The third-order valence-electron chi connectivity index (χ3n) is 2.13. The topological polar surface area (TPSA) is 55.4 Å². The summed E-state index contributed by atoms with van der Waals surface area (Å²) in [5, 5.41) is 0.235. The zero-order chi connectivity index (χ0) is 13.1. The molecule has 0 spiro atoms. The van der Waals surface area contributed by atoms with Crippen LogP contribution < -0.4 is 9.46 Å². The normalized spacial score (nSPS) is 11.2. The van der Waals surface area contributed by atoms with Crippen molar-refractivity contribution in [3.8, 4) is 5.75 Å². The maximum absolute atomic E-state index is 11.8. The minimum atomic E-state index is -3.55. The highest BCUT2D eigenvalue weighted by Crippen LogP contribution is 2.21. The van der Waals surface area contributed by atoms with Crippen molar-refractivity contribution in [2.45, 2.75) is 11.8 Å². The maximum atomic E-state index is 11.8. The fraction of sp³-hybridized carbons (Fsp3) is 0.273. The second-order valence-electron chi connectivity index (χ2n) is 3.47. The molecule has 0 aliphatic heterocycles. The quantitative estimate of drug-likeness (QED) is 0.895. The number of rotatable bonds is 5. The van der Waals surface area contributed by atoms with E-state index in [9.17, 15) is 8.42 Å². The van der Waals surface area contributed by atoms with E-state index >= 15 is 0 Å². The van der Waals surface area contributed by atoms with E-state index in [2.05, 4.69) is 11.3 Å². The summed E-state index contributed by atoms with van der Waals surface area (Å²) in [4.78, 5) is 0.175. The standard InChI is InChI=1S/C11H14ClNO3S/c1-8-6-10(4-5-11(8)16-3)17(14,15)13-7-9(2)12/h4-6,13H,2,7H2,1,3H3. The Morgan fingerprint density at radius 2 is 2.18 bits per heavy atom. The fourth-order valence-electron chi connectivity index (χ4n) is 1.27. The average molecular weight is 276 g/mol. The highest BCUT2D eigenvalue weighted by Gasteiger charge is 2.14. The van der Waals surface area contributed by atoms with Gasteiger partial charge in [-0.1, -0.05) is 18.2 Å². The van der Waals surface area contributed by atoms with Gasteiger partial charge in [0.15, 0.2) is 0 Å². The summed E-state index contributed by atoms with van der Waals surface area (Å²) in [6.07, 6.45) is 0. The van der Waals surface area contributed by atoms with Gasteiger partial charge in [0.1, 0.15) is 5.75 Å². The molecule has 0 bridgehead atoms. The van der Waals surface area contributed by atoms with Crippen LogP contribution in [0.3, 0.4) is 0 Å². The molecule has 0 aliphatic rings. The number of nitrogens with one attached hydrogen (secondary N) is 1. The van der Waals surface area contributed by atoms with E-state index in [0.717, 1.165) is 5.56 Å². The third-order valence-corrected chi connectivity index (χ3v) is 3.66. The summed E-state index contributed by atoms with van der Waals surface area (Å²) in [6, 6.07) is 4.63. The summed E-state index contributed by atoms with van der Waals surface area (Å²) in [5.41, 5.74) is 0.750. The van der Waals surface area contributed by atoms with Gasteiger partial charge >= 0.3 is 0 Å². The first-order valence-electron chi connectivity index (χ1n) is 4.84. The van der Waals surface area contributed by atoms with Gasteiger partial charge in [-0.2, -0.15) is 0 Å². The van der Waals surface area contributed by atoms with Gasteiger partial charge < -0.3 is 4.74 Å². The van der Waals surface area contributed by atoms with E-state index in [1.165, 1.54) is 19.2 Å². The van der Waals surface area contributed by atoms with Crippen LogP contribution >= 0.6 is 11.6 Å². The molecular formula is C11H14ClNO3S. The molecule has 0 aromatic heterocycles. The lowest BCUT2D eigenvalue weighted by atomic mass is 10.2. The number of hydrogen-bond acceptors (Lipinski definition) is 3. The molecule has 17 heavy (non-hydrogen) atoms. The van der Waals surface area contributed by atoms with Crippen molar-refractivity contribution in [3.05, 3.63) is 35.4 Å². The molecule has 4 nitrogen and oxygen atoms in total. The third kappa shape index (κ3) is 3.73. The van der Waals surface area contributed by atoms with Gasteiger partial charge in [-0.05, 0) is 30.7 Å². The second-order valence-corrected chi connectivity index (χ2v) is 5.77. The minimum Gasteiger partial charge on any atom is -0.496 e. The molecule has 0 aliphatic carbocycles. The van der Waals surface area contributed by atoms with Crippen LogP contribution in [0.4, 0.5) is 0 Å². The molecule has 0 heterocycles. The van der Waals surface area contributed by atoms with Crippen molar-refractivity contribution < 1.29 is 13.2 Å². The summed E-state index contributed by atoms with van der Waals surface area (Å²) in [7, 11) is -2.02. The van der Waals surface area contributed by atoms with Crippen molar-refractivity contribution in [1.29, 1.82) is 0 Å². The Kier molecular flexibility index (Phi) is 4.56. The van der Waals surface area contributed by atoms with Crippen LogP contribution in [0, 0.1) is 6.92 Å². The molecule has 0 saturated carbocycles. The van der Waals surface area contributed by atoms with Crippen LogP contribution in [0.2, 0.25) is 0 Å². The summed E-state index contributed by atoms with van der Waals surface area (Å²) >= 11 is 5.51. The Morgan fingerprint density at radius 3 is 2.65 bits per heavy atom. The van der Waals surface area contributed by atoms with Crippen LogP contribution in [0.5, 0.6) is 5.75 Å². The van der Waals surface area contributed by atoms with Crippen LogP contribution in [0.1, 0.15) is 5.56 Å². The number of ether oxygens (including phenoxy) is 1. The van der Waals surface area contributed by atoms with E-state index in [0.29, 0.717) is 5.75 Å². The first kappa shape index (κ1) is 14.0. The smallest absolute Gasteiger partial charge is 0.240 e. The molecular weight excluding hydrogens is 262 g/mol. The second kappa shape index (κ2) is 5.53. The zero-order valence-electron chi connectivity index (χ0n) is 9.66. The first-order chi connectivity index (χ1) is 7.86. The lowest BCUT2D eigenvalue weighted by Gasteiger charge is -2.09. The minimum absolute atomic E-state index is 0.00889. The van der Waals surface area contributed by atoms with Gasteiger partial charge in [-0.3, -0.25) is 0 Å². The van der Waals surface area contributed by atoms with E-state index in [1.807, 2.05) is 0 Å². The number of benzene rings is 1. The Hall–Kier alpha value is -1.04. The van der Waals surface area contributed by atoms with Crippen LogP contribution in [-0.2, 0) is 10.0 Å². The van der Waals surface area contributed by atoms with Crippen molar-refractivity contribution in [3.63, 3.8) is 0 Å². The molecule has 1 aromatic rings. The van der Waals surface area contributed by atoms with E-state index in [1.54, 1.807) is 13.0 Å². The summed E-state index contributed by atoms with van der Waals surface area (Å²) in [5.74, 6) is 0.644. The van der Waals surface area contributed by atoms with Gasteiger partial charge in [0, 0.05) is 11.6 Å². The number of hydrogen-bond donors (Lipinski definition) is 1. The van der Waals surface area contributed by atoms with Crippen molar-refractivity contribution in [2.24, 2.45) is 0 Å². The van der Waals surface area contributed by atoms with Crippen molar-refractivity contribution >= 4 is 21.6 Å². The fourth-order valence-corrected chi connectivity index (χ4v) is 2.53. The van der Waals surface area contributed by atoms with Gasteiger partial charge in [-0.15, -0.1) is 0 Å². The number of methoxy groups -OCH3 is 1. The highest BCUT2D eigenvalue weighted by atomic mass is 35.5. The van der Waals surface area contributed by atoms with E-state index in [-0.39, 0.29) is 16.5 Å². The Morgan fingerprint density at radius 1 is 1.53 bits per heavy atom. The predicted molar refractivity (Wildman–Crippen MR) is 67.9 cm³/mol. The Labute approximate surface area is 106 Å². The molecule has 0 radical (unpaired) electrons. The maximum Gasteiger partial charge on any atom is 0.240 e. The molecule has 0 atom stereocenters. The molecule has 0 saturated heterocycles. The molecule has 0 amide bonds. The first-order valence-corrected chi connectivity index (χ1v) is 6.70.